The van der Waals surface area contributed by atoms with Gasteiger partial charge in [-0.15, -0.1) is 0 Å². The van der Waals surface area contributed by atoms with Crippen molar-refractivity contribution in [1.82, 2.24) is 5.32 Å². The minimum Gasteiger partial charge on any atom is -0.483 e. The van der Waals surface area contributed by atoms with Gasteiger partial charge in [0.15, 0.2) is 6.10 Å². The van der Waals surface area contributed by atoms with E-state index in [4.69, 9.17) is 21.1 Å². The molecule has 0 radical (unpaired) electrons. The topological polar surface area (TPSA) is 47.6 Å². The summed E-state index contributed by atoms with van der Waals surface area (Å²) in [6.45, 7) is 0.476. The molecule has 0 aliphatic carbocycles. The molecule has 1 heterocycles. The molecule has 3 rings (SSSR count). The van der Waals surface area contributed by atoms with E-state index >= 15 is 0 Å². The van der Waals surface area contributed by atoms with Crippen LogP contribution in [0, 0.1) is 0 Å². The zero-order valence-corrected chi connectivity index (χ0v) is 12.6. The number of benzene rings is 2. The third-order valence-electron chi connectivity index (χ3n) is 3.47. The van der Waals surface area contributed by atoms with E-state index in [-0.39, 0.29) is 24.7 Å². The lowest BCUT2D eigenvalue weighted by atomic mass is 10.0. The molecule has 22 heavy (non-hydrogen) atoms. The van der Waals surface area contributed by atoms with Crippen LogP contribution in [0.4, 0.5) is 0 Å². The van der Waals surface area contributed by atoms with Gasteiger partial charge >= 0.3 is 0 Å². The second-order valence-electron chi connectivity index (χ2n) is 5.06. The fourth-order valence-electron chi connectivity index (χ4n) is 2.36. The summed E-state index contributed by atoms with van der Waals surface area (Å²) in [5, 5.41) is 3.47. The number of hydrogen-bond acceptors (Lipinski definition) is 3. The highest BCUT2D eigenvalue weighted by atomic mass is 35.5. The summed E-state index contributed by atoms with van der Waals surface area (Å²) >= 11 is 5.90. The molecule has 1 aliphatic heterocycles. The highest BCUT2D eigenvalue weighted by Gasteiger charge is 2.30. The molecule has 0 bridgehead atoms. The zero-order valence-electron chi connectivity index (χ0n) is 11.9. The average molecular weight is 318 g/mol. The van der Waals surface area contributed by atoms with Gasteiger partial charge in [-0.2, -0.15) is 0 Å². The Hall–Kier alpha value is -2.04. The van der Waals surface area contributed by atoms with Crippen LogP contribution in [-0.2, 0) is 9.53 Å². The number of amides is 1. The molecule has 0 spiro atoms. The van der Waals surface area contributed by atoms with Gasteiger partial charge in [0, 0.05) is 11.6 Å². The molecule has 114 valence electrons. The van der Waals surface area contributed by atoms with E-state index in [0.29, 0.717) is 17.3 Å². The van der Waals surface area contributed by atoms with Crippen LogP contribution < -0.4 is 10.1 Å². The van der Waals surface area contributed by atoms with Gasteiger partial charge < -0.3 is 14.8 Å². The number of hydrogen-bond donors (Lipinski definition) is 1. The smallest absolute Gasteiger partial charge is 0.246 e. The molecule has 1 N–H and O–H groups in total. The van der Waals surface area contributed by atoms with Crippen molar-refractivity contribution < 1.29 is 14.3 Å². The lowest BCUT2D eigenvalue weighted by molar-refractivity contribution is -0.137. The summed E-state index contributed by atoms with van der Waals surface area (Å²) in [5.74, 6) is 0.605. The molecule has 1 saturated heterocycles. The lowest BCUT2D eigenvalue weighted by Gasteiger charge is -2.31. The minimum absolute atomic E-state index is 0.0535. The van der Waals surface area contributed by atoms with E-state index in [1.165, 1.54) is 0 Å². The predicted octanol–water partition coefficient (Wildman–Crippen LogP) is 2.98. The Morgan fingerprint density at radius 1 is 1.14 bits per heavy atom. The van der Waals surface area contributed by atoms with E-state index < -0.39 is 0 Å². The van der Waals surface area contributed by atoms with Crippen LogP contribution in [-0.4, -0.2) is 25.2 Å². The summed E-state index contributed by atoms with van der Waals surface area (Å²) in [7, 11) is 0. The Morgan fingerprint density at radius 2 is 1.86 bits per heavy atom. The number of morpholine rings is 1. The first-order chi connectivity index (χ1) is 10.7. The van der Waals surface area contributed by atoms with Gasteiger partial charge in [0.05, 0.1) is 0 Å². The van der Waals surface area contributed by atoms with Crippen LogP contribution >= 0.6 is 11.6 Å². The predicted molar refractivity (Wildman–Crippen MR) is 84.0 cm³/mol. The van der Waals surface area contributed by atoms with Gasteiger partial charge in [0.25, 0.3) is 0 Å². The highest BCUT2D eigenvalue weighted by molar-refractivity contribution is 6.30. The molecule has 2 aromatic rings. The van der Waals surface area contributed by atoms with Crippen LogP contribution in [0.5, 0.6) is 5.75 Å². The summed E-state index contributed by atoms with van der Waals surface area (Å²) < 4.78 is 11.7. The van der Waals surface area contributed by atoms with Gasteiger partial charge in [-0.05, 0) is 29.8 Å². The van der Waals surface area contributed by atoms with Crippen LogP contribution in [0.15, 0.2) is 54.6 Å². The second kappa shape index (κ2) is 6.81. The van der Waals surface area contributed by atoms with E-state index in [9.17, 15) is 4.79 Å². The molecule has 4 nitrogen and oxygen atoms in total. The van der Waals surface area contributed by atoms with E-state index in [1.54, 1.807) is 12.1 Å². The van der Waals surface area contributed by atoms with Crippen molar-refractivity contribution in [2.75, 3.05) is 13.2 Å². The molecule has 0 aromatic heterocycles. The summed E-state index contributed by atoms with van der Waals surface area (Å²) in [4.78, 5) is 11.3. The van der Waals surface area contributed by atoms with E-state index in [1.807, 2.05) is 42.5 Å². The Morgan fingerprint density at radius 3 is 2.50 bits per heavy atom. The maximum Gasteiger partial charge on any atom is 0.246 e. The first kappa shape index (κ1) is 14.9. The quantitative estimate of drug-likeness (QED) is 0.943. The van der Waals surface area contributed by atoms with Gasteiger partial charge in [-0.1, -0.05) is 41.9 Å². The molecule has 2 aromatic carbocycles. The van der Waals surface area contributed by atoms with Crippen LogP contribution in [0.1, 0.15) is 11.7 Å². The highest BCUT2D eigenvalue weighted by Crippen LogP contribution is 2.28. The number of ether oxygens (including phenoxy) is 2. The van der Waals surface area contributed by atoms with Crippen molar-refractivity contribution >= 4 is 17.5 Å². The van der Waals surface area contributed by atoms with Gasteiger partial charge in [0.1, 0.15) is 18.5 Å². The first-order valence-electron chi connectivity index (χ1n) is 7.08. The number of carbonyl (C=O) groups excluding carboxylic acids is 1. The van der Waals surface area contributed by atoms with Crippen molar-refractivity contribution in [2.24, 2.45) is 0 Å². The molecule has 1 fully saturated rings. The summed E-state index contributed by atoms with van der Waals surface area (Å²) in [6.07, 6.45) is -0.543. The molecular formula is C17H16ClNO3. The first-order valence-corrected chi connectivity index (χ1v) is 7.45. The Bertz CT molecular complexity index is 620. The number of halogens is 1. The summed E-state index contributed by atoms with van der Waals surface area (Å²) in [5.41, 5.74) is 0.999. The van der Waals surface area contributed by atoms with Crippen LogP contribution in [0.2, 0.25) is 5.02 Å². The fraction of sp³-hybridized carbons (Fsp3) is 0.235. The Balaban J connectivity index is 1.82. The lowest BCUT2D eigenvalue weighted by Crippen LogP contribution is -2.46. The van der Waals surface area contributed by atoms with Crippen LogP contribution in [0.25, 0.3) is 0 Å². The second-order valence-corrected chi connectivity index (χ2v) is 5.49. The van der Waals surface area contributed by atoms with Gasteiger partial charge in [-0.3, -0.25) is 4.79 Å². The molecule has 0 unspecified atom stereocenters. The monoisotopic (exact) mass is 317 g/mol. The summed E-state index contributed by atoms with van der Waals surface area (Å²) in [6, 6.07) is 17.0. The molecule has 0 saturated carbocycles. The minimum atomic E-state index is -0.303. The standard InChI is InChI=1S/C17H16ClNO3/c18-13-6-8-14(9-7-13)22-17(12-4-2-1-3-5-12)15-10-19-16(20)11-21-15/h1-9,15,17H,10-11H2,(H,19,20)/t15-,17+/m1/s1. The number of rotatable bonds is 4. The van der Waals surface area contributed by atoms with Crippen molar-refractivity contribution in [1.29, 1.82) is 0 Å². The average Bonchev–Trinajstić information content (AvgIpc) is 2.56. The number of nitrogens with one attached hydrogen (secondary N) is 1. The van der Waals surface area contributed by atoms with Crippen LogP contribution in [0.3, 0.4) is 0 Å². The fourth-order valence-corrected chi connectivity index (χ4v) is 2.49. The maximum absolute atomic E-state index is 11.3. The Kier molecular flexibility index (Phi) is 4.61. The van der Waals surface area contributed by atoms with Gasteiger partial charge in [-0.25, -0.2) is 0 Å². The van der Waals surface area contributed by atoms with Gasteiger partial charge in [0.2, 0.25) is 5.91 Å². The van der Waals surface area contributed by atoms with Crippen molar-refractivity contribution in [3.8, 4) is 5.75 Å². The largest absolute Gasteiger partial charge is 0.483 e. The van der Waals surface area contributed by atoms with E-state index in [2.05, 4.69) is 5.32 Å². The maximum atomic E-state index is 11.3. The molecule has 5 heteroatoms. The molecule has 2 atom stereocenters. The third-order valence-corrected chi connectivity index (χ3v) is 3.72. The van der Waals surface area contributed by atoms with Crippen molar-refractivity contribution in [2.45, 2.75) is 12.2 Å². The normalized spacial score (nSPS) is 19.3. The van der Waals surface area contributed by atoms with Crippen molar-refractivity contribution in [3.05, 3.63) is 65.2 Å². The third kappa shape index (κ3) is 3.59. The van der Waals surface area contributed by atoms with E-state index in [0.717, 1.165) is 5.56 Å². The molecule has 1 aliphatic rings. The van der Waals surface area contributed by atoms with Crippen molar-refractivity contribution in [3.63, 3.8) is 0 Å². The molecular weight excluding hydrogens is 302 g/mol. The molecule has 1 amide bonds. The SMILES string of the molecule is O=C1CO[C@@H]([C@@H](Oc2ccc(Cl)cc2)c2ccccc2)CN1. The Labute approximate surface area is 134 Å². The zero-order chi connectivity index (χ0) is 15.4. The number of carbonyl (C=O) groups is 1.